The van der Waals surface area contributed by atoms with Crippen LogP contribution in [0.1, 0.15) is 27.2 Å². The molecule has 1 aromatic carbocycles. The zero-order valence-corrected chi connectivity index (χ0v) is 17.9. The second kappa shape index (κ2) is 10.5. The number of amides is 1. The van der Waals surface area contributed by atoms with Gasteiger partial charge in [0.15, 0.2) is 34.6 Å². The first kappa shape index (κ1) is 23.0. The highest BCUT2D eigenvalue weighted by molar-refractivity contribution is 7.91. The van der Waals surface area contributed by atoms with Crippen molar-refractivity contribution in [3.63, 3.8) is 0 Å². The molecular formula is C20H29NO7S. The number of para-hydroxylation sites is 2. The Bertz CT molecular complexity index is 807. The first-order chi connectivity index (χ1) is 13.7. The monoisotopic (exact) mass is 427 g/mol. The highest BCUT2D eigenvalue weighted by Crippen LogP contribution is 2.26. The van der Waals surface area contributed by atoms with E-state index in [1.54, 1.807) is 24.3 Å². The van der Waals surface area contributed by atoms with E-state index in [9.17, 15) is 18.0 Å². The van der Waals surface area contributed by atoms with Crippen molar-refractivity contribution in [3.05, 3.63) is 24.3 Å². The first-order valence-electron chi connectivity index (χ1n) is 9.72. The third-order valence-corrected chi connectivity index (χ3v) is 6.13. The Morgan fingerprint density at radius 3 is 2.34 bits per heavy atom. The number of carbonyl (C=O) groups is 2. The van der Waals surface area contributed by atoms with E-state index in [-0.39, 0.29) is 30.1 Å². The van der Waals surface area contributed by atoms with Crippen LogP contribution in [0.5, 0.6) is 11.5 Å². The van der Waals surface area contributed by atoms with Gasteiger partial charge in [0.2, 0.25) is 0 Å². The molecule has 9 heteroatoms. The molecule has 0 N–H and O–H groups in total. The Hall–Kier alpha value is -2.29. The zero-order chi connectivity index (χ0) is 21.4. The molecule has 1 aliphatic heterocycles. The molecule has 0 aromatic heterocycles. The third-order valence-electron chi connectivity index (χ3n) is 4.38. The maximum atomic E-state index is 12.6. The van der Waals surface area contributed by atoms with Crippen molar-refractivity contribution in [1.82, 2.24) is 4.90 Å². The van der Waals surface area contributed by atoms with Gasteiger partial charge in [0.25, 0.3) is 5.91 Å². The predicted octanol–water partition coefficient (Wildman–Crippen LogP) is 1.68. The average molecular weight is 428 g/mol. The largest absolute Gasteiger partial charge is 0.490 e. The molecule has 8 nitrogen and oxygen atoms in total. The minimum Gasteiger partial charge on any atom is -0.490 e. The molecule has 29 heavy (non-hydrogen) atoms. The fourth-order valence-electron chi connectivity index (χ4n) is 3.12. The van der Waals surface area contributed by atoms with Crippen LogP contribution in [0.2, 0.25) is 0 Å². The molecule has 1 fully saturated rings. The number of esters is 1. The van der Waals surface area contributed by atoms with Crippen LogP contribution in [0.4, 0.5) is 0 Å². The maximum absolute atomic E-state index is 12.6. The number of hydrogen-bond donors (Lipinski definition) is 0. The lowest BCUT2D eigenvalue weighted by Crippen LogP contribution is -2.45. The molecule has 1 saturated heterocycles. The molecule has 1 atom stereocenters. The van der Waals surface area contributed by atoms with Gasteiger partial charge in [-0.3, -0.25) is 4.79 Å². The molecule has 0 saturated carbocycles. The third kappa shape index (κ3) is 7.23. The fourth-order valence-corrected chi connectivity index (χ4v) is 4.85. The van der Waals surface area contributed by atoms with Crippen molar-refractivity contribution in [2.24, 2.45) is 5.92 Å². The lowest BCUT2D eigenvalue weighted by Gasteiger charge is -2.29. The van der Waals surface area contributed by atoms with Crippen molar-refractivity contribution < 1.29 is 32.2 Å². The molecule has 1 aromatic rings. The fraction of sp³-hybridized carbons (Fsp3) is 0.600. The van der Waals surface area contributed by atoms with E-state index in [0.717, 1.165) is 0 Å². The number of carbonyl (C=O) groups excluding carboxylic acids is 2. The van der Waals surface area contributed by atoms with E-state index in [1.807, 2.05) is 20.8 Å². The van der Waals surface area contributed by atoms with Gasteiger partial charge < -0.3 is 19.1 Å². The van der Waals surface area contributed by atoms with Crippen LogP contribution in [0.25, 0.3) is 0 Å². The van der Waals surface area contributed by atoms with Crippen molar-refractivity contribution in [2.75, 3.05) is 37.9 Å². The molecule has 0 bridgehead atoms. The SMILES string of the molecule is CCOc1ccccc1OCC(=O)OCC(=O)N(CC(C)C)C1CCS(=O)(=O)C1. The lowest BCUT2D eigenvalue weighted by atomic mass is 10.1. The molecule has 0 radical (unpaired) electrons. The Labute approximate surface area is 172 Å². The van der Waals surface area contributed by atoms with E-state index < -0.39 is 28.3 Å². The molecule has 0 aliphatic carbocycles. The molecular weight excluding hydrogens is 398 g/mol. The van der Waals surface area contributed by atoms with Gasteiger partial charge in [0.1, 0.15) is 0 Å². The molecule has 1 aliphatic rings. The number of nitrogens with zero attached hydrogens (tertiary/aromatic N) is 1. The van der Waals surface area contributed by atoms with Gasteiger partial charge in [-0.05, 0) is 31.4 Å². The summed E-state index contributed by atoms with van der Waals surface area (Å²) in [7, 11) is -3.12. The smallest absolute Gasteiger partial charge is 0.344 e. The number of hydrogen-bond acceptors (Lipinski definition) is 7. The van der Waals surface area contributed by atoms with Crippen LogP contribution in [0.3, 0.4) is 0 Å². The summed E-state index contributed by atoms with van der Waals surface area (Å²) < 4.78 is 39.4. The predicted molar refractivity (Wildman–Crippen MR) is 108 cm³/mol. The summed E-state index contributed by atoms with van der Waals surface area (Å²) in [5, 5.41) is 0. The summed E-state index contributed by atoms with van der Waals surface area (Å²) in [6.45, 7) is 5.79. The Morgan fingerprint density at radius 2 is 1.79 bits per heavy atom. The average Bonchev–Trinajstić information content (AvgIpc) is 3.03. The van der Waals surface area contributed by atoms with Crippen molar-refractivity contribution in [3.8, 4) is 11.5 Å². The van der Waals surface area contributed by atoms with E-state index >= 15 is 0 Å². The molecule has 1 unspecified atom stereocenters. The highest BCUT2D eigenvalue weighted by Gasteiger charge is 2.35. The maximum Gasteiger partial charge on any atom is 0.344 e. The van der Waals surface area contributed by atoms with Crippen LogP contribution in [0.15, 0.2) is 24.3 Å². The number of benzene rings is 1. The second-order valence-corrected chi connectivity index (χ2v) is 9.55. The number of sulfone groups is 1. The summed E-state index contributed by atoms with van der Waals surface area (Å²) >= 11 is 0. The Kier molecular flexibility index (Phi) is 8.31. The van der Waals surface area contributed by atoms with Gasteiger partial charge in [0, 0.05) is 12.6 Å². The van der Waals surface area contributed by atoms with Gasteiger partial charge in [-0.15, -0.1) is 0 Å². The van der Waals surface area contributed by atoms with E-state index in [4.69, 9.17) is 14.2 Å². The minimum atomic E-state index is -3.12. The quantitative estimate of drug-likeness (QED) is 0.524. The van der Waals surface area contributed by atoms with Crippen LogP contribution < -0.4 is 9.47 Å². The Morgan fingerprint density at radius 1 is 1.14 bits per heavy atom. The summed E-state index contributed by atoms with van der Waals surface area (Å²) in [4.78, 5) is 26.1. The van der Waals surface area contributed by atoms with E-state index in [2.05, 4.69) is 0 Å². The van der Waals surface area contributed by atoms with Crippen LogP contribution in [-0.4, -0.2) is 69.1 Å². The lowest BCUT2D eigenvalue weighted by molar-refractivity contribution is -0.154. The van der Waals surface area contributed by atoms with Crippen molar-refractivity contribution in [2.45, 2.75) is 33.2 Å². The second-order valence-electron chi connectivity index (χ2n) is 7.33. The van der Waals surface area contributed by atoms with Gasteiger partial charge in [0.05, 0.1) is 18.1 Å². The van der Waals surface area contributed by atoms with Gasteiger partial charge in [-0.2, -0.15) is 0 Å². The van der Waals surface area contributed by atoms with Crippen LogP contribution >= 0.6 is 0 Å². The highest BCUT2D eigenvalue weighted by atomic mass is 32.2. The standard InChI is InChI=1S/C20H29NO7S/c1-4-26-17-7-5-6-8-18(17)27-13-20(23)28-12-19(22)21(11-15(2)3)16-9-10-29(24,25)14-16/h5-8,15-16H,4,9-14H2,1-3H3. The van der Waals surface area contributed by atoms with Gasteiger partial charge in [-0.1, -0.05) is 26.0 Å². The van der Waals surface area contributed by atoms with Gasteiger partial charge in [-0.25, -0.2) is 13.2 Å². The topological polar surface area (TPSA) is 99.2 Å². The first-order valence-corrected chi connectivity index (χ1v) is 11.5. The summed E-state index contributed by atoms with van der Waals surface area (Å²) in [5.74, 6) is 0.0384. The summed E-state index contributed by atoms with van der Waals surface area (Å²) in [6, 6.07) is 6.58. The normalized spacial score (nSPS) is 17.7. The Balaban J connectivity index is 1.88. The van der Waals surface area contributed by atoms with Crippen LogP contribution in [-0.2, 0) is 24.2 Å². The van der Waals surface area contributed by atoms with Crippen LogP contribution in [0, 0.1) is 5.92 Å². The van der Waals surface area contributed by atoms with Crippen molar-refractivity contribution in [1.29, 1.82) is 0 Å². The molecule has 2 rings (SSSR count). The minimum absolute atomic E-state index is 0.0449. The number of rotatable bonds is 10. The molecule has 0 spiro atoms. The van der Waals surface area contributed by atoms with Crippen molar-refractivity contribution >= 4 is 21.7 Å². The number of ether oxygens (including phenoxy) is 3. The van der Waals surface area contributed by atoms with E-state index in [0.29, 0.717) is 31.1 Å². The van der Waals surface area contributed by atoms with E-state index in [1.165, 1.54) is 4.90 Å². The molecule has 162 valence electrons. The summed E-state index contributed by atoms with van der Waals surface area (Å²) in [6.07, 6.45) is 0.409. The zero-order valence-electron chi connectivity index (χ0n) is 17.1. The van der Waals surface area contributed by atoms with Gasteiger partial charge >= 0.3 is 5.97 Å². The molecule has 1 heterocycles. The molecule has 1 amide bonds. The summed E-state index contributed by atoms with van der Waals surface area (Å²) in [5.41, 5.74) is 0.